The van der Waals surface area contributed by atoms with Crippen LogP contribution in [-0.2, 0) is 0 Å². The quantitative estimate of drug-likeness (QED) is 0.673. The second-order valence-electron chi connectivity index (χ2n) is 2.29. The molecule has 0 aromatic carbocycles. The van der Waals surface area contributed by atoms with Crippen molar-refractivity contribution in [2.24, 2.45) is 0 Å². The molecule has 2 N–H and O–H groups in total. The second kappa shape index (κ2) is 3.93. The van der Waals surface area contributed by atoms with Gasteiger partial charge in [0, 0.05) is 12.7 Å². The third kappa shape index (κ3) is 2.20. The molecule has 0 saturated carbocycles. The molecule has 0 unspecified atom stereocenters. The minimum atomic E-state index is 0.147. The van der Waals surface area contributed by atoms with E-state index in [0.717, 1.165) is 11.4 Å². The Bertz CT molecular complexity index is 225. The summed E-state index contributed by atoms with van der Waals surface area (Å²) in [4.78, 5) is 4.09. The Kier molecular flexibility index (Phi) is 2.86. The molecule has 0 aliphatic carbocycles. The van der Waals surface area contributed by atoms with Gasteiger partial charge in [0.05, 0.1) is 18.0 Å². The molecule has 60 valence electrons. The molecule has 3 heteroatoms. The molecule has 1 aromatic heterocycles. The molecule has 0 radical (unpaired) electrons. The lowest BCUT2D eigenvalue weighted by molar-refractivity contribution is 0.311. The average molecular weight is 152 g/mol. The van der Waals surface area contributed by atoms with Crippen LogP contribution < -0.4 is 5.32 Å². The van der Waals surface area contributed by atoms with E-state index in [1.807, 2.05) is 19.1 Å². The SMILES string of the molecule is Cc1ncccc1NCCO. The average Bonchev–Trinajstić information content (AvgIpc) is 2.03. The zero-order valence-electron chi connectivity index (χ0n) is 6.54. The van der Waals surface area contributed by atoms with Crippen molar-refractivity contribution in [3.05, 3.63) is 24.0 Å². The van der Waals surface area contributed by atoms with E-state index in [1.54, 1.807) is 6.20 Å². The lowest BCUT2D eigenvalue weighted by atomic mass is 10.3. The lowest BCUT2D eigenvalue weighted by Crippen LogP contribution is -2.06. The minimum absolute atomic E-state index is 0.147. The van der Waals surface area contributed by atoms with Gasteiger partial charge in [-0.15, -0.1) is 0 Å². The number of aliphatic hydroxyl groups excluding tert-OH is 1. The van der Waals surface area contributed by atoms with Crippen molar-refractivity contribution in [3.63, 3.8) is 0 Å². The van der Waals surface area contributed by atoms with Crippen LogP contribution in [0.2, 0.25) is 0 Å². The Morgan fingerprint density at radius 1 is 1.64 bits per heavy atom. The first-order valence-corrected chi connectivity index (χ1v) is 3.61. The first kappa shape index (κ1) is 8.01. The molecule has 0 amide bonds. The van der Waals surface area contributed by atoms with Gasteiger partial charge in [0.2, 0.25) is 0 Å². The second-order valence-corrected chi connectivity index (χ2v) is 2.29. The number of anilines is 1. The van der Waals surface area contributed by atoms with Crippen molar-refractivity contribution >= 4 is 5.69 Å². The van der Waals surface area contributed by atoms with Crippen LogP contribution >= 0.6 is 0 Å². The van der Waals surface area contributed by atoms with Crippen LogP contribution in [0.3, 0.4) is 0 Å². The lowest BCUT2D eigenvalue weighted by Gasteiger charge is -2.05. The van der Waals surface area contributed by atoms with E-state index in [0.29, 0.717) is 6.54 Å². The zero-order valence-corrected chi connectivity index (χ0v) is 6.54. The van der Waals surface area contributed by atoms with Crippen LogP contribution in [-0.4, -0.2) is 23.2 Å². The Morgan fingerprint density at radius 3 is 3.09 bits per heavy atom. The summed E-state index contributed by atoms with van der Waals surface area (Å²) >= 11 is 0. The molecule has 0 aliphatic heterocycles. The summed E-state index contributed by atoms with van der Waals surface area (Å²) in [5.74, 6) is 0. The van der Waals surface area contributed by atoms with Crippen LogP contribution in [0.15, 0.2) is 18.3 Å². The number of aryl methyl sites for hydroxylation is 1. The Labute approximate surface area is 66.1 Å². The largest absolute Gasteiger partial charge is 0.395 e. The minimum Gasteiger partial charge on any atom is -0.395 e. The number of hydrogen-bond acceptors (Lipinski definition) is 3. The topological polar surface area (TPSA) is 45.2 Å². The van der Waals surface area contributed by atoms with Gasteiger partial charge < -0.3 is 10.4 Å². The Morgan fingerprint density at radius 2 is 2.45 bits per heavy atom. The number of aromatic nitrogens is 1. The highest BCUT2D eigenvalue weighted by Crippen LogP contribution is 2.08. The molecular weight excluding hydrogens is 140 g/mol. The van der Waals surface area contributed by atoms with Crippen LogP contribution in [0, 0.1) is 6.92 Å². The Balaban J connectivity index is 2.62. The fourth-order valence-corrected chi connectivity index (χ4v) is 0.862. The van der Waals surface area contributed by atoms with Gasteiger partial charge in [-0.3, -0.25) is 4.98 Å². The number of aliphatic hydroxyl groups is 1. The monoisotopic (exact) mass is 152 g/mol. The smallest absolute Gasteiger partial charge is 0.0604 e. The molecule has 1 rings (SSSR count). The fraction of sp³-hybridized carbons (Fsp3) is 0.375. The predicted octanol–water partition coefficient (Wildman–Crippen LogP) is 0.794. The summed E-state index contributed by atoms with van der Waals surface area (Å²) in [6, 6.07) is 3.81. The zero-order chi connectivity index (χ0) is 8.10. The number of hydrogen-bond donors (Lipinski definition) is 2. The predicted molar refractivity (Wildman–Crippen MR) is 44.5 cm³/mol. The number of nitrogens with one attached hydrogen (secondary N) is 1. The van der Waals surface area contributed by atoms with E-state index in [1.165, 1.54) is 0 Å². The van der Waals surface area contributed by atoms with Crippen molar-refractivity contribution in [1.29, 1.82) is 0 Å². The highest BCUT2D eigenvalue weighted by atomic mass is 16.3. The molecule has 0 aliphatic rings. The first-order chi connectivity index (χ1) is 5.34. The molecule has 1 aromatic rings. The van der Waals surface area contributed by atoms with Crippen molar-refractivity contribution in [2.45, 2.75) is 6.92 Å². The van der Waals surface area contributed by atoms with E-state index in [-0.39, 0.29) is 6.61 Å². The first-order valence-electron chi connectivity index (χ1n) is 3.61. The maximum absolute atomic E-state index is 8.54. The maximum atomic E-state index is 8.54. The van der Waals surface area contributed by atoms with Crippen molar-refractivity contribution in [3.8, 4) is 0 Å². The third-order valence-corrected chi connectivity index (χ3v) is 1.43. The van der Waals surface area contributed by atoms with Gasteiger partial charge in [-0.2, -0.15) is 0 Å². The van der Waals surface area contributed by atoms with Gasteiger partial charge in [-0.05, 0) is 19.1 Å². The van der Waals surface area contributed by atoms with Crippen LogP contribution in [0.4, 0.5) is 5.69 Å². The van der Waals surface area contributed by atoms with Crippen LogP contribution in [0.5, 0.6) is 0 Å². The molecule has 11 heavy (non-hydrogen) atoms. The molecule has 0 spiro atoms. The Hall–Kier alpha value is -1.09. The van der Waals surface area contributed by atoms with Crippen molar-refractivity contribution in [2.75, 3.05) is 18.5 Å². The molecule has 0 fully saturated rings. The molecule has 3 nitrogen and oxygen atoms in total. The highest BCUT2D eigenvalue weighted by Gasteiger charge is 1.94. The fourth-order valence-electron chi connectivity index (χ4n) is 0.862. The van der Waals surface area contributed by atoms with Crippen LogP contribution in [0.25, 0.3) is 0 Å². The van der Waals surface area contributed by atoms with E-state index in [9.17, 15) is 0 Å². The standard InChI is InChI=1S/C8H12N2O/c1-7-8(10-5-6-11)3-2-4-9-7/h2-4,10-11H,5-6H2,1H3. The summed E-state index contributed by atoms with van der Waals surface area (Å²) in [6.07, 6.45) is 1.75. The molecule has 0 atom stereocenters. The van der Waals surface area contributed by atoms with Gasteiger partial charge in [0.25, 0.3) is 0 Å². The van der Waals surface area contributed by atoms with E-state index >= 15 is 0 Å². The van der Waals surface area contributed by atoms with Gasteiger partial charge in [0.15, 0.2) is 0 Å². The molecule has 1 heterocycles. The number of nitrogens with zero attached hydrogens (tertiary/aromatic N) is 1. The summed E-state index contributed by atoms with van der Waals surface area (Å²) in [5, 5.41) is 11.6. The van der Waals surface area contributed by atoms with Crippen LogP contribution in [0.1, 0.15) is 5.69 Å². The summed E-state index contributed by atoms with van der Waals surface area (Å²) < 4.78 is 0. The summed E-state index contributed by atoms with van der Waals surface area (Å²) in [5.41, 5.74) is 1.95. The van der Waals surface area contributed by atoms with Gasteiger partial charge >= 0.3 is 0 Å². The van der Waals surface area contributed by atoms with E-state index in [2.05, 4.69) is 10.3 Å². The number of pyridine rings is 1. The van der Waals surface area contributed by atoms with Gasteiger partial charge in [0.1, 0.15) is 0 Å². The van der Waals surface area contributed by atoms with E-state index in [4.69, 9.17) is 5.11 Å². The highest BCUT2D eigenvalue weighted by molar-refractivity contribution is 5.46. The van der Waals surface area contributed by atoms with Crippen molar-refractivity contribution in [1.82, 2.24) is 4.98 Å². The van der Waals surface area contributed by atoms with E-state index < -0.39 is 0 Å². The maximum Gasteiger partial charge on any atom is 0.0604 e. The van der Waals surface area contributed by atoms with Gasteiger partial charge in [-0.1, -0.05) is 0 Å². The summed E-state index contributed by atoms with van der Waals surface area (Å²) in [7, 11) is 0. The third-order valence-electron chi connectivity index (χ3n) is 1.43. The summed E-state index contributed by atoms with van der Waals surface area (Å²) in [6.45, 7) is 2.65. The molecule has 0 saturated heterocycles. The van der Waals surface area contributed by atoms with Crippen molar-refractivity contribution < 1.29 is 5.11 Å². The normalized spacial score (nSPS) is 9.64. The van der Waals surface area contributed by atoms with Gasteiger partial charge in [-0.25, -0.2) is 0 Å². The molecule has 0 bridgehead atoms. The number of rotatable bonds is 3. The molecular formula is C8H12N2O.